The van der Waals surface area contributed by atoms with Crippen LogP contribution in [-0.2, 0) is 16.6 Å². The predicted octanol–water partition coefficient (Wildman–Crippen LogP) is 3.53. The van der Waals surface area contributed by atoms with Crippen LogP contribution in [0.15, 0.2) is 53.7 Å². The van der Waals surface area contributed by atoms with E-state index >= 15 is 0 Å². The van der Waals surface area contributed by atoms with Gasteiger partial charge in [0.2, 0.25) is 0 Å². The summed E-state index contributed by atoms with van der Waals surface area (Å²) < 4.78 is 55.7. The number of aromatic nitrogens is 4. The highest BCUT2D eigenvalue weighted by molar-refractivity contribution is 7.92. The molecule has 8 nitrogen and oxygen atoms in total. The number of nitrogens with zero attached hydrogens (tertiary/aromatic N) is 4. The Bertz CT molecular complexity index is 1430. The number of H-pyrrole nitrogens is 1. The molecule has 2 N–H and O–H groups in total. The van der Waals surface area contributed by atoms with Crippen LogP contribution in [0.25, 0.3) is 23.1 Å². The maximum absolute atomic E-state index is 13.4. The Labute approximate surface area is 175 Å². The largest absolute Gasteiger partial charge is 0.280 e. The number of halogens is 2. The summed E-state index contributed by atoms with van der Waals surface area (Å²) in [7, 11) is -4.20. The molecule has 0 aliphatic carbocycles. The molecule has 4 rings (SSSR count). The van der Waals surface area contributed by atoms with Crippen molar-refractivity contribution in [3.63, 3.8) is 0 Å². The van der Waals surface area contributed by atoms with Crippen molar-refractivity contribution >= 4 is 38.8 Å². The van der Waals surface area contributed by atoms with E-state index in [1.165, 1.54) is 10.7 Å². The van der Waals surface area contributed by atoms with Gasteiger partial charge in [0.25, 0.3) is 10.0 Å². The fraction of sp³-hybridized carbons (Fsp3) is 0.0500. The minimum atomic E-state index is -4.20. The molecule has 0 amide bonds. The number of hydrogen-bond donors (Lipinski definition) is 2. The van der Waals surface area contributed by atoms with E-state index in [1.807, 2.05) is 6.07 Å². The zero-order valence-electron chi connectivity index (χ0n) is 15.8. The second-order valence-corrected chi connectivity index (χ2v) is 8.22. The first kappa shape index (κ1) is 20.2. The molecule has 31 heavy (non-hydrogen) atoms. The summed E-state index contributed by atoms with van der Waals surface area (Å²) in [6, 6.07) is 8.77. The summed E-state index contributed by atoms with van der Waals surface area (Å²) in [5.41, 5.74) is 2.17. The molecular weight excluding hydrogens is 426 g/mol. The average Bonchev–Trinajstić information content (AvgIpc) is 3.32. The van der Waals surface area contributed by atoms with Gasteiger partial charge in [-0.2, -0.15) is 15.5 Å². The maximum Gasteiger partial charge on any atom is 0.262 e. The number of hydrogen-bond acceptors (Lipinski definition) is 5. The van der Waals surface area contributed by atoms with Crippen LogP contribution in [0, 0.1) is 23.0 Å². The summed E-state index contributed by atoms with van der Waals surface area (Å²) in [5.74, 6) is -1.98. The number of nitriles is 1. The van der Waals surface area contributed by atoms with Crippen molar-refractivity contribution in [3.8, 4) is 6.07 Å². The molecule has 4 aromatic rings. The number of nitrogens with one attached hydrogen (secondary N) is 2. The van der Waals surface area contributed by atoms with Crippen LogP contribution < -0.4 is 4.72 Å². The van der Waals surface area contributed by atoms with Gasteiger partial charge in [-0.15, -0.1) is 0 Å². The van der Waals surface area contributed by atoms with Crippen molar-refractivity contribution in [1.82, 2.24) is 20.0 Å². The second-order valence-electron chi connectivity index (χ2n) is 6.54. The van der Waals surface area contributed by atoms with Crippen LogP contribution in [0.1, 0.15) is 11.3 Å². The van der Waals surface area contributed by atoms with Gasteiger partial charge in [0.05, 0.1) is 28.4 Å². The third-order valence-electron chi connectivity index (χ3n) is 4.31. The molecule has 0 aliphatic heterocycles. The van der Waals surface area contributed by atoms with Crippen LogP contribution in [0.3, 0.4) is 0 Å². The van der Waals surface area contributed by atoms with E-state index in [9.17, 15) is 17.2 Å². The molecule has 0 bridgehead atoms. The SMILES string of the molecule is N#CCn1cc(/C=C/c2n[nH]c3ccc(NS(=O)(=O)c4cc(F)cc(F)c4)cc23)cn1. The fourth-order valence-corrected chi connectivity index (χ4v) is 4.01. The zero-order valence-corrected chi connectivity index (χ0v) is 16.6. The van der Waals surface area contributed by atoms with Crippen molar-refractivity contribution in [1.29, 1.82) is 5.26 Å². The third kappa shape index (κ3) is 4.44. The Morgan fingerprint density at radius 2 is 1.94 bits per heavy atom. The molecule has 2 aromatic carbocycles. The quantitative estimate of drug-likeness (QED) is 0.476. The Balaban J connectivity index is 1.62. The van der Waals surface area contributed by atoms with E-state index in [-0.39, 0.29) is 12.2 Å². The van der Waals surface area contributed by atoms with E-state index in [0.717, 1.165) is 17.7 Å². The lowest BCUT2D eigenvalue weighted by atomic mass is 10.1. The van der Waals surface area contributed by atoms with Crippen LogP contribution in [0.2, 0.25) is 0 Å². The molecule has 0 unspecified atom stereocenters. The number of rotatable bonds is 6. The highest BCUT2D eigenvalue weighted by Crippen LogP contribution is 2.24. The molecule has 0 atom stereocenters. The lowest BCUT2D eigenvalue weighted by Crippen LogP contribution is -2.13. The number of sulfonamides is 1. The van der Waals surface area contributed by atoms with Crippen LogP contribution in [0.5, 0.6) is 0 Å². The summed E-state index contributed by atoms with van der Waals surface area (Å²) in [4.78, 5) is -0.521. The highest BCUT2D eigenvalue weighted by atomic mass is 32.2. The maximum atomic E-state index is 13.4. The van der Waals surface area contributed by atoms with Crippen LogP contribution in [0.4, 0.5) is 14.5 Å². The Hall–Kier alpha value is -4.04. The number of anilines is 1. The molecular formula is C20H14F2N6O2S. The van der Waals surface area contributed by atoms with Gasteiger partial charge in [-0.1, -0.05) is 0 Å². The molecule has 0 saturated carbocycles. The first-order valence-electron chi connectivity index (χ1n) is 8.88. The molecule has 0 aliphatic rings. The molecule has 2 heterocycles. The third-order valence-corrected chi connectivity index (χ3v) is 5.67. The van der Waals surface area contributed by atoms with Gasteiger partial charge < -0.3 is 0 Å². The minimum absolute atomic E-state index is 0.137. The first-order valence-corrected chi connectivity index (χ1v) is 10.4. The molecule has 0 fully saturated rings. The van der Waals surface area contributed by atoms with E-state index in [1.54, 1.807) is 36.7 Å². The van der Waals surface area contributed by atoms with Crippen molar-refractivity contribution < 1.29 is 17.2 Å². The van der Waals surface area contributed by atoms with E-state index in [4.69, 9.17) is 5.26 Å². The predicted molar refractivity (Wildman–Crippen MR) is 110 cm³/mol. The lowest BCUT2D eigenvalue weighted by molar-refractivity contribution is 0.568. The number of fused-ring (bicyclic) bond motifs is 1. The Morgan fingerprint density at radius 1 is 1.16 bits per heavy atom. The van der Waals surface area contributed by atoms with Gasteiger partial charge in [-0.25, -0.2) is 17.2 Å². The zero-order chi connectivity index (χ0) is 22.0. The minimum Gasteiger partial charge on any atom is -0.280 e. The summed E-state index contributed by atoms with van der Waals surface area (Å²) >= 11 is 0. The van der Waals surface area contributed by atoms with E-state index in [0.29, 0.717) is 22.7 Å². The summed E-state index contributed by atoms with van der Waals surface area (Å²) in [5, 5.41) is 20.4. The van der Waals surface area contributed by atoms with Crippen molar-refractivity contribution in [3.05, 3.63) is 71.7 Å². The Morgan fingerprint density at radius 3 is 2.68 bits per heavy atom. The van der Waals surface area contributed by atoms with Crippen molar-refractivity contribution in [2.45, 2.75) is 11.4 Å². The fourth-order valence-electron chi connectivity index (χ4n) is 2.92. The second kappa shape index (κ2) is 8.00. The van der Waals surface area contributed by atoms with Crippen molar-refractivity contribution in [2.75, 3.05) is 4.72 Å². The molecule has 156 valence electrons. The summed E-state index contributed by atoms with van der Waals surface area (Å²) in [6.45, 7) is 0.137. The first-order chi connectivity index (χ1) is 14.8. The highest BCUT2D eigenvalue weighted by Gasteiger charge is 2.17. The number of aromatic amines is 1. The monoisotopic (exact) mass is 440 g/mol. The Kier molecular flexibility index (Phi) is 5.22. The van der Waals surface area contributed by atoms with Crippen molar-refractivity contribution in [2.24, 2.45) is 0 Å². The van der Waals surface area contributed by atoms with Crippen LogP contribution >= 0.6 is 0 Å². The summed E-state index contributed by atoms with van der Waals surface area (Å²) in [6.07, 6.45) is 6.77. The molecule has 0 spiro atoms. The normalized spacial score (nSPS) is 11.8. The van der Waals surface area contributed by atoms with Crippen LogP contribution in [-0.4, -0.2) is 28.4 Å². The van der Waals surface area contributed by atoms with E-state index in [2.05, 4.69) is 20.0 Å². The molecule has 2 aromatic heterocycles. The standard InChI is InChI=1S/C20H14F2N6O2S/c21-14-7-15(22)9-17(8-14)31(29,30)27-16-2-4-20-18(10-16)19(25-26-20)3-1-13-11-24-28(12-13)6-5-23/h1-4,7-12,27H,6H2,(H,25,26)/b3-1+. The van der Waals surface area contributed by atoms with Gasteiger partial charge in [-0.3, -0.25) is 14.5 Å². The van der Waals surface area contributed by atoms with Gasteiger partial charge in [0.1, 0.15) is 18.2 Å². The van der Waals surface area contributed by atoms with Gasteiger partial charge in [0.15, 0.2) is 0 Å². The molecule has 0 saturated heterocycles. The van der Waals surface area contributed by atoms with E-state index < -0.39 is 26.6 Å². The number of benzene rings is 2. The van der Waals surface area contributed by atoms with Gasteiger partial charge in [-0.05, 0) is 42.5 Å². The molecule has 0 radical (unpaired) electrons. The van der Waals surface area contributed by atoms with Gasteiger partial charge in [0, 0.05) is 28.9 Å². The smallest absolute Gasteiger partial charge is 0.262 e. The molecule has 11 heteroatoms. The average molecular weight is 440 g/mol. The van der Waals surface area contributed by atoms with Gasteiger partial charge >= 0.3 is 0 Å². The lowest BCUT2D eigenvalue weighted by Gasteiger charge is -2.08. The topological polar surface area (TPSA) is 116 Å².